The van der Waals surface area contributed by atoms with Gasteiger partial charge in [-0.25, -0.2) is 4.98 Å². The Labute approximate surface area is 156 Å². The summed E-state index contributed by atoms with van der Waals surface area (Å²) in [5.41, 5.74) is 2.19. The second-order valence-electron chi connectivity index (χ2n) is 6.64. The van der Waals surface area contributed by atoms with Gasteiger partial charge in [0, 0.05) is 23.2 Å². The third-order valence-electron chi connectivity index (χ3n) is 4.85. The highest BCUT2D eigenvalue weighted by atomic mass is 32.1. The van der Waals surface area contributed by atoms with E-state index in [4.69, 9.17) is 9.72 Å². The summed E-state index contributed by atoms with van der Waals surface area (Å²) in [4.78, 5) is 20.3. The molecule has 0 fully saturated rings. The van der Waals surface area contributed by atoms with Crippen molar-refractivity contribution in [3.63, 3.8) is 0 Å². The van der Waals surface area contributed by atoms with Crippen molar-refractivity contribution in [2.75, 3.05) is 12.4 Å². The SMILES string of the molecule is CCCn1c(Nc2cccc(OC)c2)nc2sc3c(c2c1=O)CCCC3. The van der Waals surface area contributed by atoms with Crippen LogP contribution in [0.5, 0.6) is 5.75 Å². The molecule has 0 bridgehead atoms. The van der Waals surface area contributed by atoms with Crippen LogP contribution in [0.25, 0.3) is 10.2 Å². The number of ether oxygens (including phenoxy) is 1. The molecule has 0 atom stereocenters. The van der Waals surface area contributed by atoms with Crippen molar-refractivity contribution in [3.05, 3.63) is 45.1 Å². The summed E-state index contributed by atoms with van der Waals surface area (Å²) in [5, 5.41) is 4.17. The lowest BCUT2D eigenvalue weighted by Gasteiger charge is -2.14. The summed E-state index contributed by atoms with van der Waals surface area (Å²) in [6.45, 7) is 2.73. The zero-order valence-electron chi connectivity index (χ0n) is 15.2. The number of rotatable bonds is 5. The van der Waals surface area contributed by atoms with E-state index in [1.165, 1.54) is 16.9 Å². The van der Waals surface area contributed by atoms with Crippen molar-refractivity contribution in [2.45, 2.75) is 45.6 Å². The van der Waals surface area contributed by atoms with Crippen molar-refractivity contribution in [2.24, 2.45) is 0 Å². The summed E-state index contributed by atoms with van der Waals surface area (Å²) in [6, 6.07) is 7.68. The number of benzene rings is 1. The Morgan fingerprint density at radius 3 is 2.96 bits per heavy atom. The third-order valence-corrected chi connectivity index (χ3v) is 6.03. The van der Waals surface area contributed by atoms with Crippen LogP contribution in [0.15, 0.2) is 29.1 Å². The van der Waals surface area contributed by atoms with E-state index in [9.17, 15) is 4.79 Å². The molecule has 1 N–H and O–H groups in total. The van der Waals surface area contributed by atoms with Gasteiger partial charge in [0.25, 0.3) is 5.56 Å². The lowest BCUT2D eigenvalue weighted by Crippen LogP contribution is -2.24. The summed E-state index contributed by atoms with van der Waals surface area (Å²) < 4.78 is 7.07. The van der Waals surface area contributed by atoms with Crippen LogP contribution in [-0.2, 0) is 19.4 Å². The van der Waals surface area contributed by atoms with Crippen molar-refractivity contribution in [1.82, 2.24) is 9.55 Å². The van der Waals surface area contributed by atoms with Gasteiger partial charge in [-0.15, -0.1) is 11.3 Å². The van der Waals surface area contributed by atoms with Crippen LogP contribution in [0.4, 0.5) is 11.6 Å². The second-order valence-corrected chi connectivity index (χ2v) is 7.72. The number of aryl methyl sites for hydroxylation is 2. The molecule has 1 aliphatic carbocycles. The molecule has 1 aliphatic rings. The number of nitrogens with one attached hydrogen (secondary N) is 1. The van der Waals surface area contributed by atoms with Crippen LogP contribution in [0.2, 0.25) is 0 Å². The molecule has 0 amide bonds. The Kier molecular flexibility index (Phi) is 4.68. The van der Waals surface area contributed by atoms with Crippen LogP contribution < -0.4 is 15.6 Å². The number of aromatic nitrogens is 2. The van der Waals surface area contributed by atoms with Crippen molar-refractivity contribution < 1.29 is 4.74 Å². The number of hydrogen-bond acceptors (Lipinski definition) is 5. The van der Waals surface area contributed by atoms with Gasteiger partial charge in [0.05, 0.1) is 12.5 Å². The molecule has 3 aromatic rings. The average Bonchev–Trinajstić information content (AvgIpc) is 3.03. The number of hydrogen-bond donors (Lipinski definition) is 1. The largest absolute Gasteiger partial charge is 0.497 e. The number of methoxy groups -OCH3 is 1. The van der Waals surface area contributed by atoms with Gasteiger partial charge in [0.2, 0.25) is 5.95 Å². The summed E-state index contributed by atoms with van der Waals surface area (Å²) in [7, 11) is 1.65. The van der Waals surface area contributed by atoms with Gasteiger partial charge in [-0.1, -0.05) is 13.0 Å². The quantitative estimate of drug-likeness (QED) is 0.719. The molecule has 0 radical (unpaired) electrons. The number of anilines is 2. The first-order chi connectivity index (χ1) is 12.7. The standard InChI is InChI=1S/C20H23N3O2S/c1-3-11-23-19(24)17-15-9-4-5-10-16(15)26-18(17)22-20(23)21-13-7-6-8-14(12-13)25-2/h6-8,12H,3-5,9-11H2,1-2H3,(H,21,22). The first-order valence-electron chi connectivity index (χ1n) is 9.17. The monoisotopic (exact) mass is 369 g/mol. The lowest BCUT2D eigenvalue weighted by molar-refractivity contribution is 0.415. The zero-order valence-corrected chi connectivity index (χ0v) is 16.0. The van der Waals surface area contributed by atoms with E-state index in [1.54, 1.807) is 23.0 Å². The Morgan fingerprint density at radius 2 is 2.15 bits per heavy atom. The molecule has 0 saturated carbocycles. The molecule has 2 heterocycles. The maximum absolute atomic E-state index is 13.3. The third kappa shape index (κ3) is 2.98. The zero-order chi connectivity index (χ0) is 18.1. The molecule has 2 aromatic heterocycles. The molecule has 26 heavy (non-hydrogen) atoms. The second kappa shape index (κ2) is 7.11. The molecule has 0 unspecified atom stereocenters. The predicted molar refractivity (Wildman–Crippen MR) is 107 cm³/mol. The lowest BCUT2D eigenvalue weighted by atomic mass is 9.97. The van der Waals surface area contributed by atoms with E-state index >= 15 is 0 Å². The highest BCUT2D eigenvalue weighted by Gasteiger charge is 2.22. The van der Waals surface area contributed by atoms with Crippen LogP contribution >= 0.6 is 11.3 Å². The molecule has 5 nitrogen and oxygen atoms in total. The Bertz CT molecular complexity index is 1010. The minimum atomic E-state index is 0.0849. The van der Waals surface area contributed by atoms with Crippen molar-refractivity contribution in [3.8, 4) is 5.75 Å². The van der Waals surface area contributed by atoms with E-state index in [-0.39, 0.29) is 5.56 Å². The Morgan fingerprint density at radius 1 is 1.31 bits per heavy atom. The van der Waals surface area contributed by atoms with Crippen LogP contribution in [-0.4, -0.2) is 16.7 Å². The fraction of sp³-hybridized carbons (Fsp3) is 0.400. The van der Waals surface area contributed by atoms with Gasteiger partial charge in [-0.05, 0) is 49.8 Å². The maximum atomic E-state index is 13.3. The molecule has 136 valence electrons. The van der Waals surface area contributed by atoms with Crippen molar-refractivity contribution >= 4 is 33.2 Å². The van der Waals surface area contributed by atoms with Gasteiger partial charge < -0.3 is 10.1 Å². The molecule has 0 saturated heterocycles. The molecule has 4 rings (SSSR count). The van der Waals surface area contributed by atoms with E-state index < -0.39 is 0 Å². The summed E-state index contributed by atoms with van der Waals surface area (Å²) in [6.07, 6.45) is 5.32. The fourth-order valence-corrected chi connectivity index (χ4v) is 4.85. The maximum Gasteiger partial charge on any atom is 0.263 e. The normalized spacial score (nSPS) is 13.6. The number of nitrogens with zero attached hydrogens (tertiary/aromatic N) is 2. The molecule has 1 aromatic carbocycles. The van der Waals surface area contributed by atoms with E-state index in [0.717, 1.165) is 47.3 Å². The minimum absolute atomic E-state index is 0.0849. The molecule has 6 heteroatoms. The number of fused-ring (bicyclic) bond motifs is 3. The molecule has 0 spiro atoms. The van der Waals surface area contributed by atoms with Gasteiger partial charge in [-0.3, -0.25) is 9.36 Å². The topological polar surface area (TPSA) is 56.1 Å². The molecular formula is C20H23N3O2S. The highest BCUT2D eigenvalue weighted by molar-refractivity contribution is 7.18. The Balaban J connectivity index is 1.85. The smallest absolute Gasteiger partial charge is 0.263 e. The van der Waals surface area contributed by atoms with Crippen LogP contribution in [0.1, 0.15) is 36.6 Å². The first-order valence-corrected chi connectivity index (χ1v) is 9.99. The first kappa shape index (κ1) is 17.1. The summed E-state index contributed by atoms with van der Waals surface area (Å²) >= 11 is 1.68. The van der Waals surface area contributed by atoms with E-state index in [2.05, 4.69) is 12.2 Å². The van der Waals surface area contributed by atoms with E-state index in [1.807, 2.05) is 24.3 Å². The molecule has 0 aliphatic heterocycles. The van der Waals surface area contributed by atoms with Crippen LogP contribution in [0, 0.1) is 0 Å². The summed E-state index contributed by atoms with van der Waals surface area (Å²) in [5.74, 6) is 1.38. The van der Waals surface area contributed by atoms with E-state index in [0.29, 0.717) is 12.5 Å². The molecular weight excluding hydrogens is 346 g/mol. The highest BCUT2D eigenvalue weighted by Crippen LogP contribution is 2.34. The van der Waals surface area contributed by atoms with Gasteiger partial charge in [-0.2, -0.15) is 0 Å². The van der Waals surface area contributed by atoms with Crippen LogP contribution in [0.3, 0.4) is 0 Å². The average molecular weight is 369 g/mol. The predicted octanol–water partition coefficient (Wildman–Crippen LogP) is 4.50. The number of thiophene rings is 1. The van der Waals surface area contributed by atoms with Gasteiger partial charge >= 0.3 is 0 Å². The van der Waals surface area contributed by atoms with Crippen molar-refractivity contribution in [1.29, 1.82) is 0 Å². The Hall–Kier alpha value is -2.34. The fourth-order valence-electron chi connectivity index (χ4n) is 3.59. The van der Waals surface area contributed by atoms with Gasteiger partial charge in [0.15, 0.2) is 0 Å². The van der Waals surface area contributed by atoms with Gasteiger partial charge in [0.1, 0.15) is 10.6 Å². The minimum Gasteiger partial charge on any atom is -0.497 e.